The van der Waals surface area contributed by atoms with E-state index in [9.17, 15) is 0 Å². The summed E-state index contributed by atoms with van der Waals surface area (Å²) in [5.74, 6) is 4.32. The number of hydrogen-bond donors (Lipinski definition) is 0. The van der Waals surface area contributed by atoms with Gasteiger partial charge in [-0.05, 0) is 37.8 Å². The Balaban J connectivity index is 0.00000128. The first kappa shape index (κ1) is 16.2. The van der Waals surface area contributed by atoms with Crippen molar-refractivity contribution in [2.24, 2.45) is 5.92 Å². The van der Waals surface area contributed by atoms with Gasteiger partial charge < -0.3 is 4.90 Å². The largest absolute Gasteiger partial charge is 0.356 e. The quantitative estimate of drug-likeness (QED) is 0.781. The Hall–Kier alpha value is -1.82. The third kappa shape index (κ3) is 3.60. The minimum atomic E-state index is 0. The Kier molecular flexibility index (Phi) is 6.24. The minimum absolute atomic E-state index is 0. The number of rotatable bonds is 3. The molecule has 20 heavy (non-hydrogen) atoms. The van der Waals surface area contributed by atoms with Crippen molar-refractivity contribution >= 4 is 11.9 Å². The summed E-state index contributed by atoms with van der Waals surface area (Å²) in [6.07, 6.45) is 13.0. The predicted molar refractivity (Wildman–Crippen MR) is 88.7 cm³/mol. The summed E-state index contributed by atoms with van der Waals surface area (Å²) in [5.41, 5.74) is 1.99. The van der Waals surface area contributed by atoms with Gasteiger partial charge in [-0.1, -0.05) is 26.7 Å². The first-order valence-electron chi connectivity index (χ1n) is 7.30. The second-order valence-corrected chi connectivity index (χ2v) is 5.04. The monoisotopic (exact) mass is 273 g/mol. The lowest BCUT2D eigenvalue weighted by Crippen LogP contribution is -2.42. The molecule has 3 nitrogen and oxygen atoms in total. The molecule has 1 aromatic heterocycles. The van der Waals surface area contributed by atoms with Crippen LogP contribution in [0.4, 0.5) is 5.82 Å². The molecule has 110 valence electrons. The molecule has 0 aliphatic heterocycles. The summed E-state index contributed by atoms with van der Waals surface area (Å²) in [5, 5.41) is 0. The summed E-state index contributed by atoms with van der Waals surface area (Å²) in [6.45, 7) is 8.27. The van der Waals surface area contributed by atoms with Crippen molar-refractivity contribution in [2.75, 3.05) is 11.9 Å². The zero-order valence-corrected chi connectivity index (χ0v) is 13.2. The van der Waals surface area contributed by atoms with Crippen molar-refractivity contribution in [3.8, 4) is 12.3 Å². The molecule has 0 aromatic carbocycles. The van der Waals surface area contributed by atoms with Crippen molar-refractivity contribution in [3.05, 3.63) is 23.7 Å². The van der Waals surface area contributed by atoms with Crippen LogP contribution in [0.25, 0.3) is 6.08 Å². The van der Waals surface area contributed by atoms with Crippen LogP contribution in [0.15, 0.2) is 12.4 Å². The van der Waals surface area contributed by atoms with E-state index in [1.165, 1.54) is 12.8 Å². The average molecular weight is 273 g/mol. The van der Waals surface area contributed by atoms with E-state index in [0.29, 0.717) is 6.04 Å². The lowest BCUT2D eigenvalue weighted by Gasteiger charge is -2.40. The molecule has 1 aromatic rings. The van der Waals surface area contributed by atoms with Gasteiger partial charge >= 0.3 is 0 Å². The molecule has 0 bridgehead atoms. The van der Waals surface area contributed by atoms with Crippen LogP contribution < -0.4 is 4.90 Å². The number of aromatic nitrogens is 2. The van der Waals surface area contributed by atoms with Crippen LogP contribution >= 0.6 is 0 Å². The fourth-order valence-corrected chi connectivity index (χ4v) is 2.43. The third-order valence-electron chi connectivity index (χ3n) is 3.64. The molecule has 0 atom stereocenters. The first-order valence-corrected chi connectivity index (χ1v) is 7.30. The van der Waals surface area contributed by atoms with Crippen LogP contribution in [0.5, 0.6) is 0 Å². The van der Waals surface area contributed by atoms with Gasteiger partial charge in [0.15, 0.2) is 0 Å². The molecule has 0 unspecified atom stereocenters. The van der Waals surface area contributed by atoms with E-state index >= 15 is 0 Å². The molecule has 1 fully saturated rings. The standard InChI is InChI=1S/C15H19N3.C2H6.H2/c1-5-6-7-14-12(3)16-10-17-15(14)18(4)13-8-11(2)9-13;1-2;/h1,6-7,10-11,13H,8-9H2,2-4H3;1-2H3;1H/b7-6-;;. The fraction of sp³-hybridized carbons (Fsp3) is 0.529. The van der Waals surface area contributed by atoms with E-state index < -0.39 is 0 Å². The first-order chi connectivity index (χ1) is 9.63. The molecule has 0 radical (unpaired) electrons. The topological polar surface area (TPSA) is 29.0 Å². The molecule has 0 spiro atoms. The summed E-state index contributed by atoms with van der Waals surface area (Å²) < 4.78 is 0. The highest BCUT2D eigenvalue weighted by Crippen LogP contribution is 2.34. The van der Waals surface area contributed by atoms with Crippen LogP contribution in [0.1, 0.15) is 46.3 Å². The van der Waals surface area contributed by atoms with E-state index in [2.05, 4.69) is 34.8 Å². The van der Waals surface area contributed by atoms with Gasteiger partial charge in [0, 0.05) is 20.1 Å². The second kappa shape index (κ2) is 7.69. The molecule has 0 amide bonds. The van der Waals surface area contributed by atoms with Crippen LogP contribution in [0.2, 0.25) is 0 Å². The highest BCUT2D eigenvalue weighted by molar-refractivity contribution is 5.67. The Morgan fingerprint density at radius 2 is 2.05 bits per heavy atom. The van der Waals surface area contributed by atoms with E-state index in [4.69, 9.17) is 6.42 Å². The summed E-state index contributed by atoms with van der Waals surface area (Å²) >= 11 is 0. The Morgan fingerprint density at radius 3 is 2.60 bits per heavy atom. The predicted octanol–water partition coefficient (Wildman–Crippen LogP) is 3.94. The van der Waals surface area contributed by atoms with Gasteiger partial charge in [-0.15, -0.1) is 6.42 Å². The second-order valence-electron chi connectivity index (χ2n) is 5.04. The van der Waals surface area contributed by atoms with Crippen molar-refractivity contribution in [1.82, 2.24) is 9.97 Å². The van der Waals surface area contributed by atoms with Gasteiger partial charge in [0.1, 0.15) is 12.1 Å². The lowest BCUT2D eigenvalue weighted by molar-refractivity contribution is 0.280. The van der Waals surface area contributed by atoms with Gasteiger partial charge in [-0.25, -0.2) is 9.97 Å². The number of anilines is 1. The molecule has 1 heterocycles. The molecule has 1 aliphatic rings. The number of nitrogens with zero attached hydrogens (tertiary/aromatic N) is 3. The van der Waals surface area contributed by atoms with Gasteiger partial charge in [0.05, 0.1) is 5.69 Å². The maximum absolute atomic E-state index is 5.28. The van der Waals surface area contributed by atoms with Crippen LogP contribution in [-0.4, -0.2) is 23.1 Å². The van der Waals surface area contributed by atoms with Crippen LogP contribution in [-0.2, 0) is 0 Å². The van der Waals surface area contributed by atoms with Gasteiger partial charge in [0.25, 0.3) is 0 Å². The molecule has 2 rings (SSSR count). The number of terminal acetylenes is 1. The van der Waals surface area contributed by atoms with Crippen molar-refractivity contribution in [1.29, 1.82) is 0 Å². The highest BCUT2D eigenvalue weighted by Gasteiger charge is 2.30. The van der Waals surface area contributed by atoms with E-state index in [1.807, 2.05) is 26.8 Å². The number of allylic oxidation sites excluding steroid dienone is 1. The molecule has 1 saturated carbocycles. The highest BCUT2D eigenvalue weighted by atomic mass is 15.2. The van der Waals surface area contributed by atoms with E-state index in [0.717, 1.165) is 23.0 Å². The molecule has 0 N–H and O–H groups in total. The van der Waals surface area contributed by atoms with Crippen molar-refractivity contribution in [2.45, 2.75) is 46.6 Å². The minimum Gasteiger partial charge on any atom is -0.356 e. The third-order valence-corrected chi connectivity index (χ3v) is 3.64. The molecule has 3 heteroatoms. The number of hydrogen-bond acceptors (Lipinski definition) is 3. The normalized spacial score (nSPS) is 20.6. The Labute approximate surface area is 124 Å². The van der Waals surface area contributed by atoms with Crippen molar-refractivity contribution < 1.29 is 1.43 Å². The molecule has 0 saturated heterocycles. The van der Waals surface area contributed by atoms with Crippen molar-refractivity contribution in [3.63, 3.8) is 0 Å². The van der Waals surface area contributed by atoms with Crippen LogP contribution in [0.3, 0.4) is 0 Å². The van der Waals surface area contributed by atoms with E-state index in [-0.39, 0.29) is 1.43 Å². The molecular weight excluding hydrogens is 246 g/mol. The molecule has 1 aliphatic carbocycles. The SMILES string of the molecule is C#C/C=C\c1c(C)ncnc1N(C)C1CC(C)C1.CC.[HH]. The fourth-order valence-electron chi connectivity index (χ4n) is 2.43. The zero-order chi connectivity index (χ0) is 15.1. The van der Waals surface area contributed by atoms with E-state index in [1.54, 1.807) is 12.4 Å². The average Bonchev–Trinajstić information content (AvgIpc) is 2.44. The summed E-state index contributed by atoms with van der Waals surface area (Å²) in [7, 11) is 2.10. The Bertz CT molecular complexity index is 499. The summed E-state index contributed by atoms with van der Waals surface area (Å²) in [4.78, 5) is 10.9. The molecular formula is C17H27N3. The maximum Gasteiger partial charge on any atom is 0.139 e. The van der Waals surface area contributed by atoms with Gasteiger partial charge in [0.2, 0.25) is 0 Å². The zero-order valence-electron chi connectivity index (χ0n) is 13.2. The summed E-state index contributed by atoms with van der Waals surface area (Å²) in [6, 6.07) is 0.590. The van der Waals surface area contributed by atoms with Gasteiger partial charge in [-0.2, -0.15) is 0 Å². The van der Waals surface area contributed by atoms with Crippen LogP contribution in [0, 0.1) is 25.2 Å². The Morgan fingerprint density at radius 1 is 1.40 bits per heavy atom. The van der Waals surface area contributed by atoms with Gasteiger partial charge in [-0.3, -0.25) is 0 Å². The smallest absolute Gasteiger partial charge is 0.139 e. The number of aryl methyl sites for hydroxylation is 1. The maximum atomic E-state index is 5.28. The lowest BCUT2D eigenvalue weighted by atomic mass is 9.81.